The van der Waals surface area contributed by atoms with Gasteiger partial charge in [-0.2, -0.15) is 0 Å². The molecular weight excluding hydrogens is 697 g/mol. The molecule has 8 heteroatoms. The summed E-state index contributed by atoms with van der Waals surface area (Å²) in [6.07, 6.45) is 2.98. The van der Waals surface area contributed by atoms with Gasteiger partial charge >= 0.3 is 0 Å². The Labute approximate surface area is 325 Å². The van der Waals surface area contributed by atoms with E-state index in [9.17, 15) is 19.2 Å². The Morgan fingerprint density at radius 1 is 0.518 bits per heavy atom. The van der Waals surface area contributed by atoms with Crippen LogP contribution in [0.25, 0.3) is 38.9 Å². The summed E-state index contributed by atoms with van der Waals surface area (Å²) in [5.74, 6) is -0.773. The molecule has 0 bridgehead atoms. The topological polar surface area (TPSA) is 146 Å². The molecule has 0 radical (unpaired) electrons. The molecule has 0 spiro atoms. The van der Waals surface area contributed by atoms with Crippen LogP contribution in [-0.4, -0.2) is 33.1 Å². The molecule has 0 unspecified atom stereocenters. The number of nitrogen functional groups attached to an aromatic ring is 2. The van der Waals surface area contributed by atoms with Gasteiger partial charge in [0.25, 0.3) is 0 Å². The molecule has 56 heavy (non-hydrogen) atoms. The minimum atomic E-state index is -0.436. The van der Waals surface area contributed by atoms with Gasteiger partial charge in [0.05, 0.1) is 33.4 Å². The van der Waals surface area contributed by atoms with Gasteiger partial charge in [-0.25, -0.2) is 9.97 Å². The second-order valence-corrected chi connectivity index (χ2v) is 12.4. The molecule has 1 aliphatic carbocycles. The van der Waals surface area contributed by atoms with Crippen LogP contribution >= 0.6 is 0 Å². The molecule has 8 aromatic rings. The van der Waals surface area contributed by atoms with Gasteiger partial charge in [-0.05, 0) is 60.3 Å². The van der Waals surface area contributed by atoms with Gasteiger partial charge in [-0.1, -0.05) is 141 Å². The lowest BCUT2D eigenvalue weighted by Gasteiger charge is -2.06. The molecule has 1 aliphatic rings. The maximum atomic E-state index is 12.0. The van der Waals surface area contributed by atoms with Gasteiger partial charge in [-0.15, -0.1) is 0 Å². The van der Waals surface area contributed by atoms with E-state index in [4.69, 9.17) is 16.5 Å². The number of benzene rings is 7. The van der Waals surface area contributed by atoms with Crippen LogP contribution in [0.5, 0.6) is 0 Å². The number of carbonyl (C=O) groups excluding carboxylic acids is 4. The molecule has 0 amide bonds. The molecule has 0 saturated heterocycles. The van der Waals surface area contributed by atoms with E-state index in [0.29, 0.717) is 28.1 Å². The summed E-state index contributed by atoms with van der Waals surface area (Å²) >= 11 is 0. The second kappa shape index (κ2) is 18.4. The van der Waals surface area contributed by atoms with Crippen molar-refractivity contribution in [1.82, 2.24) is 9.97 Å². The maximum Gasteiger partial charge on any atom is 0.233 e. The summed E-state index contributed by atoms with van der Waals surface area (Å²) in [5.41, 5.74) is 19.3. The molecule has 0 fully saturated rings. The Kier molecular flexibility index (Phi) is 13.1. The molecule has 4 N–H and O–H groups in total. The average Bonchev–Trinajstić information content (AvgIpc) is 3.23. The van der Waals surface area contributed by atoms with Gasteiger partial charge < -0.3 is 11.5 Å². The normalized spacial score (nSPS) is 11.1. The third-order valence-electron chi connectivity index (χ3n) is 8.64. The van der Waals surface area contributed by atoms with Crippen LogP contribution < -0.4 is 11.5 Å². The van der Waals surface area contributed by atoms with E-state index in [1.165, 1.54) is 11.5 Å². The number of hydrogen-bond acceptors (Lipinski definition) is 8. The fourth-order valence-corrected chi connectivity index (χ4v) is 5.72. The van der Waals surface area contributed by atoms with E-state index in [-0.39, 0.29) is 19.0 Å². The Balaban J connectivity index is 0.000000146. The van der Waals surface area contributed by atoms with Gasteiger partial charge in [-0.3, -0.25) is 19.2 Å². The van der Waals surface area contributed by atoms with Crippen molar-refractivity contribution in [2.75, 3.05) is 11.5 Å². The smallest absolute Gasteiger partial charge is 0.233 e. The monoisotopic (exact) mass is 736 g/mol. The summed E-state index contributed by atoms with van der Waals surface area (Å²) in [6, 6.07) is 50.7. The zero-order valence-corrected chi connectivity index (χ0v) is 29.9. The molecule has 8 nitrogen and oxygen atoms in total. The van der Waals surface area contributed by atoms with E-state index >= 15 is 0 Å². The van der Waals surface area contributed by atoms with Crippen molar-refractivity contribution in [3.05, 3.63) is 198 Å². The van der Waals surface area contributed by atoms with Gasteiger partial charge in [0, 0.05) is 27.6 Å². The summed E-state index contributed by atoms with van der Waals surface area (Å²) in [6.45, 7) is 1.56. The molecule has 0 atom stereocenters. The van der Waals surface area contributed by atoms with Crippen LogP contribution in [0.4, 0.5) is 11.4 Å². The molecule has 0 aliphatic heterocycles. The first kappa shape index (κ1) is 39.6. The maximum absolute atomic E-state index is 12.0. The van der Waals surface area contributed by atoms with Crippen LogP contribution in [0.15, 0.2) is 170 Å². The fourth-order valence-electron chi connectivity index (χ4n) is 5.72. The van der Waals surface area contributed by atoms with E-state index in [2.05, 4.69) is 23.2 Å². The molecular formula is C48H40N4O4. The number of aromatic nitrogens is 2. The molecule has 276 valence electrons. The van der Waals surface area contributed by atoms with Crippen molar-refractivity contribution in [3.63, 3.8) is 0 Å². The average molecular weight is 737 g/mol. The van der Waals surface area contributed by atoms with Crippen molar-refractivity contribution in [3.8, 4) is 0 Å². The van der Waals surface area contributed by atoms with E-state index in [1.54, 1.807) is 55.5 Å². The van der Waals surface area contributed by atoms with Gasteiger partial charge in [0.15, 0.2) is 11.6 Å². The number of para-hydroxylation sites is 2. The highest BCUT2D eigenvalue weighted by Crippen LogP contribution is 2.24. The van der Waals surface area contributed by atoms with Crippen molar-refractivity contribution in [2.24, 2.45) is 0 Å². The molecule has 9 rings (SSSR count). The summed E-state index contributed by atoms with van der Waals surface area (Å²) in [7, 11) is 0. The first-order chi connectivity index (χ1) is 26.7. The minimum absolute atomic E-state index is 0. The van der Waals surface area contributed by atoms with Crippen LogP contribution in [0.1, 0.15) is 56.6 Å². The number of anilines is 2. The van der Waals surface area contributed by atoms with E-state index in [1.807, 2.05) is 103 Å². The quantitative estimate of drug-likeness (QED) is 0.0599. The molecule has 1 aromatic heterocycles. The number of nitrogens with zero attached hydrogens (tertiary/aromatic N) is 2. The molecule has 0 saturated carbocycles. The first-order valence-corrected chi connectivity index (χ1v) is 17.4. The number of allylic oxidation sites excluding steroid dienone is 1. The largest absolute Gasteiger partial charge is 0.397 e. The number of nitrogens with two attached hydrogens (primary N) is 2. The van der Waals surface area contributed by atoms with Crippen LogP contribution in [0.2, 0.25) is 0 Å². The highest BCUT2D eigenvalue weighted by Gasteiger charge is 2.19. The standard InChI is InChI=1S/C16H10N2.C13H12N2O.C10H6O2.C8H8O.CH4/c1-2-6-12-11(5-1)9-10-15-16(12)18-14-8-4-3-7-13(14)17-15;14-11-7-6-10(8-12(11)15)13(16)9-4-2-1-3-5-9;11-9-6-5-7-3-1-2-4-8(7)10(9)12;1-7(9)8-5-3-2-4-6-8;/h1-10H;1-8H,14-15H2;1-6H;2-6H,1H3;1H4. The van der Waals surface area contributed by atoms with Crippen molar-refractivity contribution < 1.29 is 19.2 Å². The highest BCUT2D eigenvalue weighted by molar-refractivity contribution is 6.49. The van der Waals surface area contributed by atoms with Crippen molar-refractivity contribution >= 4 is 73.4 Å². The second-order valence-electron chi connectivity index (χ2n) is 12.4. The van der Waals surface area contributed by atoms with Crippen LogP contribution in [0.3, 0.4) is 0 Å². The summed E-state index contributed by atoms with van der Waals surface area (Å²) < 4.78 is 0. The first-order valence-electron chi connectivity index (χ1n) is 17.4. The zero-order chi connectivity index (χ0) is 38.7. The fraction of sp³-hybridized carbons (Fsp3) is 0.0417. The Morgan fingerprint density at radius 3 is 1.77 bits per heavy atom. The van der Waals surface area contributed by atoms with Gasteiger partial charge in [0.2, 0.25) is 11.6 Å². The Morgan fingerprint density at radius 2 is 1.11 bits per heavy atom. The van der Waals surface area contributed by atoms with Gasteiger partial charge in [0.1, 0.15) is 0 Å². The predicted molar refractivity (Wildman–Crippen MR) is 228 cm³/mol. The Hall–Kier alpha value is -7.58. The molecule has 1 heterocycles. The van der Waals surface area contributed by atoms with Crippen molar-refractivity contribution in [2.45, 2.75) is 14.4 Å². The van der Waals surface area contributed by atoms with Crippen LogP contribution in [0, 0.1) is 0 Å². The van der Waals surface area contributed by atoms with Crippen molar-refractivity contribution in [1.29, 1.82) is 0 Å². The Bertz CT molecular complexity index is 2700. The third-order valence-corrected chi connectivity index (χ3v) is 8.64. The lowest BCUT2D eigenvalue weighted by molar-refractivity contribution is -0.110. The lowest BCUT2D eigenvalue weighted by Crippen LogP contribution is -2.15. The molecule has 7 aromatic carbocycles. The van der Waals surface area contributed by atoms with E-state index < -0.39 is 11.6 Å². The predicted octanol–water partition coefficient (Wildman–Crippen LogP) is 10.0. The van der Waals surface area contributed by atoms with Crippen LogP contribution in [-0.2, 0) is 4.79 Å². The van der Waals surface area contributed by atoms with E-state index in [0.717, 1.165) is 38.6 Å². The third kappa shape index (κ3) is 9.50. The minimum Gasteiger partial charge on any atom is -0.397 e. The number of rotatable bonds is 3. The SMILES string of the molecule is C.CC(=O)c1ccccc1.Nc1ccc(C(=O)c2ccccc2)cc1N.O=C1C=Cc2ccccc2C1=O.c1ccc2c(c1)ccc1nc3ccccc3nc12. The summed E-state index contributed by atoms with van der Waals surface area (Å²) in [5, 5.41) is 2.36. The number of carbonyl (C=O) groups is 4. The lowest BCUT2D eigenvalue weighted by atomic mass is 9.96. The summed E-state index contributed by atoms with van der Waals surface area (Å²) in [4.78, 5) is 54.2. The number of Topliss-reactive ketones (excluding diaryl/α,β-unsaturated/α-hetero) is 2. The number of fused-ring (bicyclic) bond motifs is 5. The number of hydrogen-bond donors (Lipinski definition) is 2. The highest BCUT2D eigenvalue weighted by atomic mass is 16.2. The number of ketones is 4. The zero-order valence-electron chi connectivity index (χ0n) is 29.9.